The Kier molecular flexibility index (Phi) is 5.95. The highest BCUT2D eigenvalue weighted by Crippen LogP contribution is 2.30. The number of ether oxygens (including phenoxy) is 2. The molecule has 0 aliphatic heterocycles. The molecule has 2 rings (SSSR count). The lowest BCUT2D eigenvalue weighted by atomic mass is 10.2. The van der Waals surface area contributed by atoms with Gasteiger partial charge in [-0.05, 0) is 24.1 Å². The molecule has 24 heavy (non-hydrogen) atoms. The van der Waals surface area contributed by atoms with Crippen molar-refractivity contribution in [2.45, 2.75) is 13.8 Å². The largest absolute Gasteiger partial charge is 0.497 e. The number of rotatable bonds is 7. The normalized spacial score (nSPS) is 10.4. The molecule has 0 spiro atoms. The Hall–Kier alpha value is -2.83. The van der Waals surface area contributed by atoms with Crippen molar-refractivity contribution in [3.8, 4) is 11.5 Å². The summed E-state index contributed by atoms with van der Waals surface area (Å²) in [5.41, 5.74) is 0.985. The van der Waals surface area contributed by atoms with Crippen molar-refractivity contribution in [2.24, 2.45) is 5.92 Å². The maximum absolute atomic E-state index is 12.1. The minimum absolute atomic E-state index is 0.226. The van der Waals surface area contributed by atoms with E-state index in [2.05, 4.69) is 20.6 Å². The van der Waals surface area contributed by atoms with Gasteiger partial charge in [0.1, 0.15) is 17.2 Å². The van der Waals surface area contributed by atoms with E-state index in [1.165, 1.54) is 6.20 Å². The van der Waals surface area contributed by atoms with E-state index in [-0.39, 0.29) is 5.91 Å². The van der Waals surface area contributed by atoms with Crippen molar-refractivity contribution in [1.82, 2.24) is 15.3 Å². The molecule has 2 aromatic rings. The summed E-state index contributed by atoms with van der Waals surface area (Å²) >= 11 is 0. The number of aromatic nitrogens is 2. The van der Waals surface area contributed by atoms with Gasteiger partial charge in [-0.3, -0.25) is 4.79 Å². The van der Waals surface area contributed by atoms with Gasteiger partial charge in [0.15, 0.2) is 0 Å². The van der Waals surface area contributed by atoms with E-state index in [0.29, 0.717) is 41.3 Å². The summed E-state index contributed by atoms with van der Waals surface area (Å²) in [6.07, 6.45) is 1.54. The maximum atomic E-state index is 12.1. The van der Waals surface area contributed by atoms with Crippen LogP contribution in [0, 0.1) is 5.92 Å². The van der Waals surface area contributed by atoms with Crippen LogP contribution in [-0.2, 0) is 0 Å². The van der Waals surface area contributed by atoms with E-state index < -0.39 is 0 Å². The second-order valence-electron chi connectivity index (χ2n) is 5.56. The first-order valence-electron chi connectivity index (χ1n) is 7.63. The molecular weight excluding hydrogens is 308 g/mol. The van der Waals surface area contributed by atoms with Gasteiger partial charge in [-0.2, -0.15) is 0 Å². The Morgan fingerprint density at radius 1 is 1.21 bits per heavy atom. The number of benzene rings is 1. The molecule has 2 N–H and O–H groups in total. The van der Waals surface area contributed by atoms with Crippen LogP contribution in [0.4, 0.5) is 11.6 Å². The predicted molar refractivity (Wildman–Crippen MR) is 92.0 cm³/mol. The van der Waals surface area contributed by atoms with Crippen LogP contribution >= 0.6 is 0 Å². The van der Waals surface area contributed by atoms with Crippen LogP contribution in [0.1, 0.15) is 24.3 Å². The van der Waals surface area contributed by atoms with Gasteiger partial charge in [-0.15, -0.1) is 0 Å². The van der Waals surface area contributed by atoms with Gasteiger partial charge in [0.05, 0.1) is 19.9 Å². The summed E-state index contributed by atoms with van der Waals surface area (Å²) in [7, 11) is 3.15. The van der Waals surface area contributed by atoms with Crippen LogP contribution in [0.25, 0.3) is 0 Å². The third kappa shape index (κ3) is 4.58. The first-order valence-corrected chi connectivity index (χ1v) is 7.63. The number of nitrogens with zero attached hydrogens (tertiary/aromatic N) is 2. The zero-order chi connectivity index (χ0) is 17.5. The number of nitrogens with one attached hydrogen (secondary N) is 2. The summed E-state index contributed by atoms with van der Waals surface area (Å²) in [4.78, 5) is 20.5. The highest BCUT2D eigenvalue weighted by Gasteiger charge is 2.11. The van der Waals surface area contributed by atoms with E-state index in [9.17, 15) is 4.79 Å². The van der Waals surface area contributed by atoms with Crippen molar-refractivity contribution >= 4 is 17.5 Å². The third-order valence-electron chi connectivity index (χ3n) is 3.21. The number of anilines is 2. The van der Waals surface area contributed by atoms with Crippen molar-refractivity contribution in [3.63, 3.8) is 0 Å². The molecule has 128 valence electrons. The topological polar surface area (TPSA) is 85.4 Å². The number of carbonyl (C=O) groups is 1. The van der Waals surface area contributed by atoms with E-state index >= 15 is 0 Å². The smallest absolute Gasteiger partial charge is 0.270 e. The zero-order valence-electron chi connectivity index (χ0n) is 14.3. The van der Waals surface area contributed by atoms with Gasteiger partial charge in [0.25, 0.3) is 5.91 Å². The monoisotopic (exact) mass is 330 g/mol. The Morgan fingerprint density at radius 2 is 2.00 bits per heavy atom. The molecule has 1 aromatic carbocycles. The van der Waals surface area contributed by atoms with Crippen molar-refractivity contribution < 1.29 is 14.3 Å². The van der Waals surface area contributed by atoms with Crippen molar-refractivity contribution in [1.29, 1.82) is 0 Å². The molecule has 0 radical (unpaired) electrons. The van der Waals surface area contributed by atoms with Crippen LogP contribution in [0.2, 0.25) is 0 Å². The predicted octanol–water partition coefficient (Wildman–Crippen LogP) is 2.62. The van der Waals surface area contributed by atoms with Crippen LogP contribution in [0.5, 0.6) is 11.5 Å². The summed E-state index contributed by atoms with van der Waals surface area (Å²) in [5.74, 6) is 1.73. The number of methoxy groups -OCH3 is 2. The Morgan fingerprint density at radius 3 is 2.67 bits per heavy atom. The summed E-state index contributed by atoms with van der Waals surface area (Å²) in [6, 6.07) is 6.92. The molecule has 0 aliphatic carbocycles. The van der Waals surface area contributed by atoms with E-state index in [1.807, 2.05) is 13.8 Å². The highest BCUT2D eigenvalue weighted by atomic mass is 16.5. The Bertz CT molecular complexity index is 704. The van der Waals surface area contributed by atoms with Gasteiger partial charge in [-0.1, -0.05) is 13.8 Å². The van der Waals surface area contributed by atoms with Gasteiger partial charge < -0.3 is 20.1 Å². The molecule has 7 nitrogen and oxygen atoms in total. The number of amides is 1. The van der Waals surface area contributed by atoms with E-state index in [0.717, 1.165) is 0 Å². The lowest BCUT2D eigenvalue weighted by Crippen LogP contribution is -2.28. The van der Waals surface area contributed by atoms with Crippen LogP contribution in [-0.4, -0.2) is 36.6 Å². The van der Waals surface area contributed by atoms with Gasteiger partial charge in [0, 0.05) is 18.8 Å². The molecule has 0 bridgehead atoms. The minimum Gasteiger partial charge on any atom is -0.497 e. The van der Waals surface area contributed by atoms with Crippen LogP contribution < -0.4 is 20.1 Å². The lowest BCUT2D eigenvalue weighted by Gasteiger charge is -2.12. The highest BCUT2D eigenvalue weighted by molar-refractivity contribution is 5.92. The van der Waals surface area contributed by atoms with Gasteiger partial charge in [0.2, 0.25) is 5.95 Å². The molecule has 0 unspecified atom stereocenters. The molecule has 1 amide bonds. The molecule has 0 saturated heterocycles. The summed E-state index contributed by atoms with van der Waals surface area (Å²) in [5, 5.41) is 5.88. The third-order valence-corrected chi connectivity index (χ3v) is 3.21. The molecule has 0 fully saturated rings. The van der Waals surface area contributed by atoms with Gasteiger partial charge in [-0.25, -0.2) is 9.97 Å². The molecular formula is C17H22N4O3. The lowest BCUT2D eigenvalue weighted by molar-refractivity contribution is 0.0944. The fourth-order valence-corrected chi connectivity index (χ4v) is 1.96. The van der Waals surface area contributed by atoms with E-state index in [4.69, 9.17) is 9.47 Å². The molecule has 1 aromatic heterocycles. The first kappa shape index (κ1) is 17.5. The SMILES string of the molecule is COc1ccc(Nc2nccc(C(=O)NCC(C)C)n2)c(OC)c1. The molecule has 0 atom stereocenters. The Balaban J connectivity index is 2.16. The van der Waals surface area contributed by atoms with Crippen molar-refractivity contribution in [2.75, 3.05) is 26.1 Å². The van der Waals surface area contributed by atoms with Crippen molar-refractivity contribution in [3.05, 3.63) is 36.2 Å². The average molecular weight is 330 g/mol. The fraction of sp³-hybridized carbons (Fsp3) is 0.353. The Labute approximate surface area is 141 Å². The molecule has 1 heterocycles. The average Bonchev–Trinajstić information content (AvgIpc) is 2.60. The second kappa shape index (κ2) is 8.14. The maximum Gasteiger partial charge on any atom is 0.270 e. The van der Waals surface area contributed by atoms with Gasteiger partial charge >= 0.3 is 0 Å². The van der Waals surface area contributed by atoms with Crippen LogP contribution in [0.3, 0.4) is 0 Å². The minimum atomic E-state index is -0.226. The zero-order valence-corrected chi connectivity index (χ0v) is 14.3. The second-order valence-corrected chi connectivity index (χ2v) is 5.56. The quantitative estimate of drug-likeness (QED) is 0.812. The summed E-state index contributed by atoms with van der Waals surface area (Å²) in [6.45, 7) is 4.66. The molecule has 0 aliphatic rings. The first-order chi connectivity index (χ1) is 11.5. The van der Waals surface area contributed by atoms with Crippen LogP contribution in [0.15, 0.2) is 30.5 Å². The fourth-order valence-electron chi connectivity index (χ4n) is 1.96. The number of hydrogen-bond donors (Lipinski definition) is 2. The number of carbonyl (C=O) groups excluding carboxylic acids is 1. The molecule has 0 saturated carbocycles. The molecule has 7 heteroatoms. The summed E-state index contributed by atoms with van der Waals surface area (Å²) < 4.78 is 10.5. The standard InChI is InChI=1S/C17H22N4O3/c1-11(2)10-19-16(22)14-7-8-18-17(21-14)20-13-6-5-12(23-3)9-15(13)24-4/h5-9,11H,10H2,1-4H3,(H,19,22)(H,18,20,21). The van der Waals surface area contributed by atoms with E-state index in [1.54, 1.807) is 38.5 Å². The number of hydrogen-bond acceptors (Lipinski definition) is 6.